The largest absolute Gasteiger partial charge is 0.726 e. The summed E-state index contributed by atoms with van der Waals surface area (Å²) in [5, 5.41) is 39.6. The maximum absolute atomic E-state index is 14.0. The molecule has 0 bridgehead atoms. The van der Waals surface area contributed by atoms with Crippen LogP contribution in [0.5, 0.6) is 0 Å². The number of ether oxygens (including phenoxy) is 2. The molecule has 0 aromatic heterocycles. The second kappa shape index (κ2) is 17.7. The summed E-state index contributed by atoms with van der Waals surface area (Å²) in [5.41, 5.74) is 1.74. The fourth-order valence-electron chi connectivity index (χ4n) is 7.42. The van der Waals surface area contributed by atoms with E-state index in [9.17, 15) is 41.5 Å². The van der Waals surface area contributed by atoms with Crippen LogP contribution in [0.1, 0.15) is 62.1 Å². The highest BCUT2D eigenvalue weighted by molar-refractivity contribution is 7.91. The molecule has 17 heteroatoms. The third-order valence-electron chi connectivity index (χ3n) is 10.5. The molecule has 1 saturated heterocycles. The molecule has 2 aliphatic heterocycles. The van der Waals surface area contributed by atoms with Gasteiger partial charge in [0.05, 0.1) is 30.0 Å². The van der Waals surface area contributed by atoms with Crippen LogP contribution in [0.15, 0.2) is 77.7 Å². The number of carbonyl (C=O) groups is 1. The van der Waals surface area contributed by atoms with Gasteiger partial charge in [-0.3, -0.25) is 4.18 Å². The number of unbranched alkanes of at least 4 members (excludes halogenated alkanes) is 1. The lowest BCUT2D eigenvalue weighted by Gasteiger charge is -2.42. The quantitative estimate of drug-likeness (QED) is 0.117. The summed E-state index contributed by atoms with van der Waals surface area (Å²) in [6, 6.07) is 19.7. The van der Waals surface area contributed by atoms with E-state index >= 15 is 0 Å². The second-order valence-electron chi connectivity index (χ2n) is 14.4. The van der Waals surface area contributed by atoms with E-state index in [-0.39, 0.29) is 22.9 Å². The van der Waals surface area contributed by atoms with Crippen molar-refractivity contribution in [2.75, 3.05) is 36.7 Å². The first-order valence-electron chi connectivity index (χ1n) is 18.2. The monoisotopic (exact) mass is 804 g/mol. The second-order valence-corrected chi connectivity index (χ2v) is 17.4. The third kappa shape index (κ3) is 10.0. The van der Waals surface area contributed by atoms with Crippen molar-refractivity contribution >= 4 is 37.6 Å². The molecule has 1 fully saturated rings. The van der Waals surface area contributed by atoms with Crippen molar-refractivity contribution in [2.24, 2.45) is 5.41 Å². The summed E-state index contributed by atoms with van der Waals surface area (Å²) in [4.78, 5) is 15.5. The van der Waals surface area contributed by atoms with Crippen molar-refractivity contribution in [2.45, 2.75) is 93.7 Å². The van der Waals surface area contributed by atoms with E-state index in [1.54, 1.807) is 72.8 Å². The highest BCUT2D eigenvalue weighted by Crippen LogP contribution is 2.49. The molecule has 0 radical (unpaired) electrons. The average Bonchev–Trinajstić information content (AvgIpc) is 3.21. The van der Waals surface area contributed by atoms with Crippen LogP contribution in [-0.4, -0.2) is 106 Å². The zero-order valence-electron chi connectivity index (χ0n) is 31.2. The SMILES string of the molecule is CCCC[C@]1(CC)CS(=O)(=O)c2ccc(N(C)C)cc2[C@H](c2cccc(NC(=O)N[C@@H]3O[C@H](COS(=O)(=O)[O-])[C@@H](O)[C@H](OCc4ccccc4)[C@H]3O)c2)[C@@H]1O. The smallest absolute Gasteiger partial charge is 0.321 e. The Bertz CT molecular complexity index is 2000. The van der Waals surface area contributed by atoms with Crippen molar-refractivity contribution < 1.29 is 55.2 Å². The number of rotatable bonds is 14. The Morgan fingerprint density at radius 1 is 1.02 bits per heavy atom. The fourth-order valence-corrected chi connectivity index (χ4v) is 9.97. The van der Waals surface area contributed by atoms with Crippen molar-refractivity contribution in [3.63, 3.8) is 0 Å². The number of carbonyl (C=O) groups excluding carboxylic acids is 1. The van der Waals surface area contributed by atoms with Crippen molar-refractivity contribution in [1.29, 1.82) is 0 Å². The first-order chi connectivity index (χ1) is 26.0. The molecule has 55 heavy (non-hydrogen) atoms. The molecule has 8 atom stereocenters. The van der Waals surface area contributed by atoms with Gasteiger partial charge in [-0.25, -0.2) is 21.6 Å². The Balaban J connectivity index is 1.43. The zero-order chi connectivity index (χ0) is 40.1. The number of sulfone groups is 1. The third-order valence-corrected chi connectivity index (χ3v) is 12.9. The number of fused-ring (bicyclic) bond motifs is 1. The van der Waals surface area contributed by atoms with Gasteiger partial charge in [-0.05, 0) is 59.9 Å². The molecule has 15 nitrogen and oxygen atoms in total. The predicted molar refractivity (Wildman–Crippen MR) is 203 cm³/mol. The summed E-state index contributed by atoms with van der Waals surface area (Å²) >= 11 is 0. The van der Waals surface area contributed by atoms with E-state index in [1.807, 2.05) is 32.8 Å². The number of hydrogen-bond donors (Lipinski definition) is 5. The van der Waals surface area contributed by atoms with Gasteiger partial charge >= 0.3 is 6.03 Å². The lowest BCUT2D eigenvalue weighted by molar-refractivity contribution is -0.246. The summed E-state index contributed by atoms with van der Waals surface area (Å²) < 4.78 is 77.4. The number of amides is 2. The molecule has 3 aromatic carbocycles. The summed E-state index contributed by atoms with van der Waals surface area (Å²) in [6.45, 7) is 2.92. The molecule has 0 unspecified atom stereocenters. The summed E-state index contributed by atoms with van der Waals surface area (Å²) in [6.07, 6.45) is -6.46. The molecule has 2 aliphatic rings. The highest BCUT2D eigenvalue weighted by atomic mass is 32.3. The van der Waals surface area contributed by atoms with E-state index in [2.05, 4.69) is 14.8 Å². The fraction of sp³-hybridized carbons (Fsp3) is 0.500. The molecule has 302 valence electrons. The number of hydrogen-bond acceptors (Lipinski definition) is 13. The predicted octanol–water partition coefficient (Wildman–Crippen LogP) is 3.25. The first kappa shape index (κ1) is 42.5. The van der Waals surface area contributed by atoms with Crippen LogP contribution >= 0.6 is 0 Å². The van der Waals surface area contributed by atoms with Gasteiger partial charge in [0.25, 0.3) is 0 Å². The minimum absolute atomic E-state index is 0.0655. The van der Waals surface area contributed by atoms with Crippen molar-refractivity contribution in [3.8, 4) is 0 Å². The van der Waals surface area contributed by atoms with Crippen LogP contribution in [0.4, 0.5) is 16.2 Å². The van der Waals surface area contributed by atoms with Crippen LogP contribution in [0.2, 0.25) is 0 Å². The Morgan fingerprint density at radius 3 is 2.40 bits per heavy atom. The number of urea groups is 1. The van der Waals surface area contributed by atoms with Crippen LogP contribution in [0.3, 0.4) is 0 Å². The van der Waals surface area contributed by atoms with Crippen LogP contribution in [0.25, 0.3) is 0 Å². The molecule has 3 aromatic rings. The number of nitrogens with one attached hydrogen (secondary N) is 2. The molecule has 0 aliphatic carbocycles. The molecule has 5 rings (SSSR count). The Labute approximate surface area is 322 Å². The maximum atomic E-state index is 14.0. The lowest BCUT2D eigenvalue weighted by atomic mass is 9.69. The Hall–Kier alpha value is -3.65. The molecular formula is C38H50N3O12S2-. The van der Waals surface area contributed by atoms with E-state index in [4.69, 9.17) is 9.47 Å². The van der Waals surface area contributed by atoms with E-state index in [0.29, 0.717) is 29.5 Å². The van der Waals surface area contributed by atoms with Gasteiger partial charge in [-0.15, -0.1) is 0 Å². The summed E-state index contributed by atoms with van der Waals surface area (Å²) in [7, 11) is -5.33. The number of anilines is 2. The van der Waals surface area contributed by atoms with Crippen LogP contribution in [-0.2, 0) is 40.5 Å². The average molecular weight is 805 g/mol. The van der Waals surface area contributed by atoms with Crippen molar-refractivity contribution in [1.82, 2.24) is 5.32 Å². The zero-order valence-corrected chi connectivity index (χ0v) is 32.8. The lowest BCUT2D eigenvalue weighted by Crippen LogP contribution is -2.64. The number of nitrogens with zero attached hydrogens (tertiary/aromatic N) is 1. The van der Waals surface area contributed by atoms with Crippen LogP contribution in [0, 0.1) is 5.41 Å². The molecule has 5 N–H and O–H groups in total. The molecule has 0 spiro atoms. The molecule has 2 heterocycles. The van der Waals surface area contributed by atoms with Gasteiger partial charge in [0.15, 0.2) is 16.1 Å². The van der Waals surface area contributed by atoms with Crippen molar-refractivity contribution in [3.05, 3.63) is 89.5 Å². The Kier molecular flexibility index (Phi) is 13.6. The van der Waals surface area contributed by atoms with E-state index in [0.717, 1.165) is 18.5 Å². The topological polar surface area (TPSA) is 224 Å². The molecular weight excluding hydrogens is 755 g/mol. The van der Waals surface area contributed by atoms with Gasteiger partial charge in [0.2, 0.25) is 10.4 Å². The summed E-state index contributed by atoms with van der Waals surface area (Å²) in [5.74, 6) is -1.01. The van der Waals surface area contributed by atoms with Gasteiger partial charge in [-0.2, -0.15) is 0 Å². The van der Waals surface area contributed by atoms with Crippen LogP contribution < -0.4 is 15.5 Å². The first-order valence-corrected chi connectivity index (χ1v) is 21.1. The van der Waals surface area contributed by atoms with E-state index in [1.165, 1.54) is 0 Å². The minimum atomic E-state index is -5.18. The number of aliphatic hydroxyl groups excluding tert-OH is 3. The van der Waals surface area contributed by atoms with Gasteiger partial charge in [0.1, 0.15) is 24.4 Å². The van der Waals surface area contributed by atoms with E-state index < -0.39 is 81.0 Å². The minimum Gasteiger partial charge on any atom is -0.726 e. The maximum Gasteiger partial charge on any atom is 0.321 e. The van der Waals surface area contributed by atoms with Gasteiger partial charge < -0.3 is 44.9 Å². The number of aliphatic hydroxyl groups is 3. The Morgan fingerprint density at radius 2 is 1.75 bits per heavy atom. The highest BCUT2D eigenvalue weighted by Gasteiger charge is 2.49. The van der Waals surface area contributed by atoms with Gasteiger partial charge in [-0.1, -0.05) is 69.2 Å². The standard InChI is InChI=1S/C38H51N3O12S2/c1-5-7-18-38(6-2)23-54(46,47)30-17-16-27(41(3)4)20-28(30)31(35(38)44)25-14-11-15-26(19-25)39-37(45)40-36-33(43)34(51-21-24-12-9-8-10-13-24)32(42)29(53-36)22-52-55(48,49)50/h8-17,19-20,29,31-36,42-44H,5-7,18,21-23H2,1-4H3,(H2,39,40,45)(H,48,49,50)/p-1/t29-,31+,32-,33-,34+,35+,36-,38-/m1/s1. The number of benzene rings is 3. The normalized spacial score (nSPS) is 27.7. The molecule has 2 amide bonds. The van der Waals surface area contributed by atoms with Gasteiger partial charge in [0, 0.05) is 36.8 Å². The molecule has 0 saturated carbocycles.